The van der Waals surface area contributed by atoms with Crippen LogP contribution in [0.1, 0.15) is 46.0 Å². The van der Waals surface area contributed by atoms with E-state index in [1.165, 1.54) is 0 Å². The van der Waals surface area contributed by atoms with Crippen molar-refractivity contribution in [2.24, 2.45) is 11.3 Å². The lowest BCUT2D eigenvalue weighted by atomic mass is 9.80. The number of hydrogen-bond acceptors (Lipinski definition) is 2. The van der Waals surface area contributed by atoms with Gasteiger partial charge in [0.2, 0.25) is 0 Å². The summed E-state index contributed by atoms with van der Waals surface area (Å²) in [5.41, 5.74) is 0.290. The summed E-state index contributed by atoms with van der Waals surface area (Å²) in [7, 11) is 0. The van der Waals surface area contributed by atoms with Crippen molar-refractivity contribution in [2.75, 3.05) is 13.1 Å². The van der Waals surface area contributed by atoms with E-state index in [2.05, 4.69) is 19.2 Å². The molecule has 0 aromatic carbocycles. The van der Waals surface area contributed by atoms with Gasteiger partial charge < -0.3 is 15.3 Å². The van der Waals surface area contributed by atoms with Crippen molar-refractivity contribution >= 4 is 12.0 Å². The summed E-state index contributed by atoms with van der Waals surface area (Å²) in [6, 6.07) is 0.168. The second-order valence-electron chi connectivity index (χ2n) is 6.36. The molecule has 108 valence electrons. The van der Waals surface area contributed by atoms with Gasteiger partial charge in [0.25, 0.3) is 0 Å². The van der Waals surface area contributed by atoms with E-state index in [9.17, 15) is 9.59 Å². The van der Waals surface area contributed by atoms with Crippen molar-refractivity contribution < 1.29 is 14.7 Å². The number of nitrogens with zero attached hydrogens (tertiary/aromatic N) is 1. The van der Waals surface area contributed by atoms with Gasteiger partial charge in [-0.2, -0.15) is 0 Å². The molecule has 1 heterocycles. The third-order valence-electron chi connectivity index (χ3n) is 4.69. The summed E-state index contributed by atoms with van der Waals surface area (Å²) in [6.45, 7) is 6.02. The van der Waals surface area contributed by atoms with Crippen LogP contribution in [0.2, 0.25) is 0 Å². The number of carboxylic acid groups (broad SMARTS) is 1. The van der Waals surface area contributed by atoms with Gasteiger partial charge in [-0.25, -0.2) is 4.79 Å². The van der Waals surface area contributed by atoms with Gasteiger partial charge in [-0.1, -0.05) is 13.8 Å². The fourth-order valence-corrected chi connectivity index (χ4v) is 2.99. The Bertz CT molecular complexity index is 356. The molecule has 2 rings (SSSR count). The molecule has 5 nitrogen and oxygen atoms in total. The van der Waals surface area contributed by atoms with E-state index >= 15 is 0 Å². The lowest BCUT2D eigenvalue weighted by molar-refractivity contribution is -0.142. The Morgan fingerprint density at radius 3 is 2.32 bits per heavy atom. The first-order valence-corrected chi connectivity index (χ1v) is 7.22. The van der Waals surface area contributed by atoms with Crippen LogP contribution in [0.25, 0.3) is 0 Å². The van der Waals surface area contributed by atoms with Crippen molar-refractivity contribution in [3.05, 3.63) is 0 Å². The SMILES string of the molecule is CCC1(C)CN(C(=O)NC2CCC(C(=O)O)CC2)C1. The van der Waals surface area contributed by atoms with E-state index in [-0.39, 0.29) is 23.4 Å². The lowest BCUT2D eigenvalue weighted by Gasteiger charge is -2.48. The molecule has 0 aromatic heterocycles. The zero-order valence-electron chi connectivity index (χ0n) is 11.8. The smallest absolute Gasteiger partial charge is 0.317 e. The number of amides is 2. The maximum atomic E-state index is 12.0. The first-order chi connectivity index (χ1) is 8.93. The Balaban J connectivity index is 1.72. The van der Waals surface area contributed by atoms with Crippen LogP contribution in [-0.2, 0) is 4.79 Å². The summed E-state index contributed by atoms with van der Waals surface area (Å²) in [6.07, 6.45) is 4.00. The van der Waals surface area contributed by atoms with Crippen LogP contribution in [-0.4, -0.2) is 41.1 Å². The first-order valence-electron chi connectivity index (χ1n) is 7.22. The van der Waals surface area contributed by atoms with Crippen LogP contribution in [0.3, 0.4) is 0 Å². The molecule has 2 amide bonds. The zero-order valence-corrected chi connectivity index (χ0v) is 11.8. The topological polar surface area (TPSA) is 69.6 Å². The molecule has 0 bridgehead atoms. The van der Waals surface area contributed by atoms with Crippen molar-refractivity contribution in [3.8, 4) is 0 Å². The van der Waals surface area contributed by atoms with Crippen LogP contribution in [0.5, 0.6) is 0 Å². The molecule has 2 N–H and O–H groups in total. The molecule has 19 heavy (non-hydrogen) atoms. The molecule has 1 saturated heterocycles. The average molecular weight is 268 g/mol. The third-order valence-corrected chi connectivity index (χ3v) is 4.69. The minimum absolute atomic E-state index is 0.0182. The van der Waals surface area contributed by atoms with Crippen molar-refractivity contribution in [2.45, 2.75) is 52.0 Å². The minimum atomic E-state index is -0.703. The highest BCUT2D eigenvalue weighted by Crippen LogP contribution is 2.33. The lowest BCUT2D eigenvalue weighted by Crippen LogP contribution is -2.60. The number of nitrogens with one attached hydrogen (secondary N) is 1. The molecule has 0 unspecified atom stereocenters. The van der Waals surface area contributed by atoms with Gasteiger partial charge in [0.1, 0.15) is 0 Å². The van der Waals surface area contributed by atoms with Gasteiger partial charge in [-0.3, -0.25) is 4.79 Å². The van der Waals surface area contributed by atoms with Crippen molar-refractivity contribution in [1.29, 1.82) is 0 Å². The number of likely N-dealkylation sites (tertiary alicyclic amines) is 1. The monoisotopic (exact) mass is 268 g/mol. The van der Waals surface area contributed by atoms with E-state index in [0.29, 0.717) is 12.8 Å². The standard InChI is InChI=1S/C14H24N2O3/c1-3-14(2)8-16(9-14)13(19)15-11-6-4-10(5-7-11)12(17)18/h10-11H,3-9H2,1-2H3,(H,15,19)(H,17,18). The molecule has 5 heteroatoms. The second kappa shape index (κ2) is 5.39. The van der Waals surface area contributed by atoms with Crippen LogP contribution in [0.4, 0.5) is 4.79 Å². The number of aliphatic carboxylic acids is 1. The van der Waals surface area contributed by atoms with Crippen LogP contribution >= 0.6 is 0 Å². The fourth-order valence-electron chi connectivity index (χ4n) is 2.99. The van der Waals surface area contributed by atoms with E-state index in [1.807, 2.05) is 4.90 Å². The van der Waals surface area contributed by atoms with Crippen molar-refractivity contribution in [1.82, 2.24) is 10.2 Å². The molecule has 2 fully saturated rings. The number of rotatable bonds is 3. The fraction of sp³-hybridized carbons (Fsp3) is 0.857. The maximum Gasteiger partial charge on any atom is 0.317 e. The summed E-state index contributed by atoms with van der Waals surface area (Å²) in [5.74, 6) is -0.924. The quantitative estimate of drug-likeness (QED) is 0.823. The van der Waals surface area contributed by atoms with Gasteiger partial charge in [0, 0.05) is 24.5 Å². The number of carbonyl (C=O) groups excluding carboxylic acids is 1. The molecular weight excluding hydrogens is 244 g/mol. The maximum absolute atomic E-state index is 12.0. The normalized spacial score (nSPS) is 29.5. The molecular formula is C14H24N2O3. The van der Waals surface area contributed by atoms with E-state index < -0.39 is 5.97 Å². The highest BCUT2D eigenvalue weighted by atomic mass is 16.4. The zero-order chi connectivity index (χ0) is 14.0. The Kier molecular flexibility index (Phi) is 4.02. The molecule has 1 aliphatic carbocycles. The highest BCUT2D eigenvalue weighted by Gasteiger charge is 2.40. The second-order valence-corrected chi connectivity index (χ2v) is 6.36. The van der Waals surface area contributed by atoms with Gasteiger partial charge in [0.15, 0.2) is 0 Å². The Morgan fingerprint density at radius 2 is 1.84 bits per heavy atom. The Labute approximate surface area is 114 Å². The molecule has 1 aliphatic heterocycles. The number of urea groups is 1. The predicted octanol–water partition coefficient (Wildman–Crippen LogP) is 2.07. The van der Waals surface area contributed by atoms with Crippen LogP contribution < -0.4 is 5.32 Å². The summed E-state index contributed by atoms with van der Waals surface area (Å²) < 4.78 is 0. The molecule has 1 saturated carbocycles. The van der Waals surface area contributed by atoms with Crippen LogP contribution in [0, 0.1) is 11.3 Å². The molecule has 0 aromatic rings. The van der Waals surface area contributed by atoms with E-state index in [1.54, 1.807) is 0 Å². The minimum Gasteiger partial charge on any atom is -0.481 e. The number of hydrogen-bond donors (Lipinski definition) is 2. The molecule has 0 radical (unpaired) electrons. The van der Waals surface area contributed by atoms with E-state index in [0.717, 1.165) is 32.4 Å². The van der Waals surface area contributed by atoms with Gasteiger partial charge in [0.05, 0.1) is 5.92 Å². The number of carbonyl (C=O) groups is 2. The first kappa shape index (κ1) is 14.2. The van der Waals surface area contributed by atoms with Gasteiger partial charge in [-0.05, 0) is 32.1 Å². The predicted molar refractivity (Wildman–Crippen MR) is 71.9 cm³/mol. The summed E-state index contributed by atoms with van der Waals surface area (Å²) >= 11 is 0. The third kappa shape index (κ3) is 3.19. The van der Waals surface area contributed by atoms with Gasteiger partial charge >= 0.3 is 12.0 Å². The molecule has 2 aliphatic rings. The van der Waals surface area contributed by atoms with Gasteiger partial charge in [-0.15, -0.1) is 0 Å². The largest absolute Gasteiger partial charge is 0.481 e. The summed E-state index contributed by atoms with van der Waals surface area (Å²) in [4.78, 5) is 24.7. The Morgan fingerprint density at radius 1 is 1.26 bits per heavy atom. The highest BCUT2D eigenvalue weighted by molar-refractivity contribution is 5.75. The summed E-state index contributed by atoms with van der Waals surface area (Å²) in [5, 5.41) is 12.0. The molecule has 0 spiro atoms. The Hall–Kier alpha value is -1.26. The average Bonchev–Trinajstić information content (AvgIpc) is 2.35. The van der Waals surface area contributed by atoms with Crippen LogP contribution in [0.15, 0.2) is 0 Å². The molecule has 0 atom stereocenters. The van der Waals surface area contributed by atoms with Crippen molar-refractivity contribution in [3.63, 3.8) is 0 Å². The van der Waals surface area contributed by atoms with E-state index in [4.69, 9.17) is 5.11 Å². The number of carboxylic acids is 1.